The summed E-state index contributed by atoms with van der Waals surface area (Å²) in [5.41, 5.74) is 5.41. The maximum Gasteiger partial charge on any atom is 0.241 e. The van der Waals surface area contributed by atoms with Crippen LogP contribution in [0.4, 0.5) is 0 Å². The lowest BCUT2D eigenvalue weighted by atomic mass is 10.1. The van der Waals surface area contributed by atoms with Gasteiger partial charge in [0, 0.05) is 33.0 Å². The lowest BCUT2D eigenvalue weighted by molar-refractivity contribution is -0.140. The second-order valence-corrected chi connectivity index (χ2v) is 5.54. The van der Waals surface area contributed by atoms with E-state index in [1.165, 1.54) is 0 Å². The van der Waals surface area contributed by atoms with Crippen LogP contribution in [0.2, 0.25) is 0 Å². The van der Waals surface area contributed by atoms with Crippen LogP contribution >= 0.6 is 12.2 Å². The summed E-state index contributed by atoms with van der Waals surface area (Å²) < 4.78 is 0. The average molecular weight is 285 g/mol. The summed E-state index contributed by atoms with van der Waals surface area (Å²) in [6.07, 6.45) is 5.24. The molecule has 0 aliphatic carbocycles. The quantitative estimate of drug-likeness (QED) is 0.763. The molecule has 0 radical (unpaired) electrons. The number of rotatable bonds is 5. The van der Waals surface area contributed by atoms with Gasteiger partial charge in [0.25, 0.3) is 0 Å². The minimum atomic E-state index is -0.0508. The second kappa shape index (κ2) is 8.09. The lowest BCUT2D eigenvalue weighted by Crippen LogP contribution is -2.43. The number of hydrogen-bond donors (Lipinski definition) is 1. The van der Waals surface area contributed by atoms with Gasteiger partial charge >= 0.3 is 0 Å². The van der Waals surface area contributed by atoms with Gasteiger partial charge in [0.2, 0.25) is 11.8 Å². The summed E-state index contributed by atoms with van der Waals surface area (Å²) in [5.74, 6) is 0.0426. The molecule has 1 rings (SSSR count). The Morgan fingerprint density at radius 3 is 2.74 bits per heavy atom. The molecule has 0 aromatic carbocycles. The first-order chi connectivity index (χ1) is 9.00. The average Bonchev–Trinajstić information content (AvgIpc) is 2.35. The van der Waals surface area contributed by atoms with Crippen LogP contribution in [0.1, 0.15) is 38.5 Å². The summed E-state index contributed by atoms with van der Waals surface area (Å²) in [4.78, 5) is 27.6. The summed E-state index contributed by atoms with van der Waals surface area (Å²) in [5, 5.41) is 0. The molecule has 5 nitrogen and oxygen atoms in total. The molecule has 1 heterocycles. The highest BCUT2D eigenvalue weighted by atomic mass is 32.1. The number of likely N-dealkylation sites (N-methyl/N-ethyl adjacent to an activating group) is 1. The minimum Gasteiger partial charge on any atom is -0.393 e. The number of hydrogen-bond acceptors (Lipinski definition) is 3. The van der Waals surface area contributed by atoms with E-state index in [-0.39, 0.29) is 18.4 Å². The van der Waals surface area contributed by atoms with Gasteiger partial charge in [0.05, 0.1) is 11.5 Å². The Hall–Kier alpha value is -1.17. The van der Waals surface area contributed by atoms with Gasteiger partial charge in [0.15, 0.2) is 0 Å². The maximum atomic E-state index is 12.0. The molecule has 0 spiro atoms. The third kappa shape index (κ3) is 6.00. The molecule has 2 amide bonds. The van der Waals surface area contributed by atoms with Crippen molar-refractivity contribution in [3.63, 3.8) is 0 Å². The predicted molar refractivity (Wildman–Crippen MR) is 78.7 cm³/mol. The molecule has 6 heteroatoms. The van der Waals surface area contributed by atoms with Crippen molar-refractivity contribution in [1.82, 2.24) is 9.80 Å². The Labute approximate surface area is 120 Å². The summed E-state index contributed by atoms with van der Waals surface area (Å²) >= 11 is 4.79. The molecule has 2 N–H and O–H groups in total. The normalized spacial score (nSPS) is 16.7. The van der Waals surface area contributed by atoms with E-state index in [1.807, 2.05) is 0 Å². The first kappa shape index (κ1) is 15.9. The van der Waals surface area contributed by atoms with Crippen molar-refractivity contribution < 1.29 is 9.59 Å². The van der Waals surface area contributed by atoms with Crippen LogP contribution in [0.5, 0.6) is 0 Å². The van der Waals surface area contributed by atoms with Gasteiger partial charge < -0.3 is 15.5 Å². The van der Waals surface area contributed by atoms with E-state index in [2.05, 4.69) is 0 Å². The highest BCUT2D eigenvalue weighted by Gasteiger charge is 2.20. The van der Waals surface area contributed by atoms with Crippen molar-refractivity contribution >= 4 is 29.0 Å². The number of likely N-dealkylation sites (tertiary alicyclic amines) is 1. The van der Waals surface area contributed by atoms with Crippen molar-refractivity contribution in [2.24, 2.45) is 5.73 Å². The highest BCUT2D eigenvalue weighted by Crippen LogP contribution is 2.11. The van der Waals surface area contributed by atoms with Crippen molar-refractivity contribution in [2.45, 2.75) is 38.5 Å². The number of nitrogens with zero attached hydrogens (tertiary/aromatic N) is 2. The fourth-order valence-corrected chi connectivity index (χ4v) is 2.16. The van der Waals surface area contributed by atoms with E-state index in [9.17, 15) is 9.59 Å². The fraction of sp³-hybridized carbons (Fsp3) is 0.769. The van der Waals surface area contributed by atoms with Crippen LogP contribution in [-0.2, 0) is 9.59 Å². The van der Waals surface area contributed by atoms with Gasteiger partial charge in [-0.25, -0.2) is 0 Å². The molecule has 108 valence electrons. The van der Waals surface area contributed by atoms with Crippen LogP contribution in [0.25, 0.3) is 0 Å². The predicted octanol–water partition coefficient (Wildman–Crippen LogP) is 0.914. The van der Waals surface area contributed by atoms with Crippen molar-refractivity contribution in [3.05, 3.63) is 0 Å². The highest BCUT2D eigenvalue weighted by molar-refractivity contribution is 7.80. The number of thiocarbonyl (C=S) groups is 1. The van der Waals surface area contributed by atoms with E-state index in [1.54, 1.807) is 16.8 Å². The lowest BCUT2D eigenvalue weighted by Gasteiger charge is -2.26. The second-order valence-electron chi connectivity index (χ2n) is 5.01. The van der Waals surface area contributed by atoms with Crippen molar-refractivity contribution in [3.8, 4) is 0 Å². The zero-order valence-corrected chi connectivity index (χ0v) is 12.4. The zero-order valence-electron chi connectivity index (χ0n) is 11.6. The Balaban J connectivity index is 2.43. The van der Waals surface area contributed by atoms with Gasteiger partial charge in [-0.05, 0) is 12.8 Å². The first-order valence-electron chi connectivity index (χ1n) is 6.80. The molecular formula is C13H23N3O2S. The van der Waals surface area contributed by atoms with Gasteiger partial charge in [-0.1, -0.05) is 25.1 Å². The largest absolute Gasteiger partial charge is 0.393 e. The van der Waals surface area contributed by atoms with Crippen LogP contribution in [-0.4, -0.2) is 53.3 Å². The SMILES string of the molecule is CN(CCC(N)=S)C(=O)CN1CCCCCCC1=O. The van der Waals surface area contributed by atoms with Gasteiger partial charge in [0.1, 0.15) is 0 Å². The number of nitrogens with two attached hydrogens (primary N) is 1. The Morgan fingerprint density at radius 2 is 2.05 bits per heavy atom. The van der Waals surface area contributed by atoms with Crippen molar-refractivity contribution in [2.75, 3.05) is 26.7 Å². The van der Waals surface area contributed by atoms with Gasteiger partial charge in [-0.2, -0.15) is 0 Å². The molecule has 1 aliphatic rings. The van der Waals surface area contributed by atoms with E-state index < -0.39 is 0 Å². The van der Waals surface area contributed by atoms with E-state index in [4.69, 9.17) is 18.0 Å². The Kier molecular flexibility index (Phi) is 6.77. The molecule has 1 aliphatic heterocycles. The smallest absolute Gasteiger partial charge is 0.241 e. The summed E-state index contributed by atoms with van der Waals surface area (Å²) in [6.45, 7) is 1.37. The number of carbonyl (C=O) groups is 2. The summed E-state index contributed by atoms with van der Waals surface area (Å²) in [6, 6.07) is 0. The topological polar surface area (TPSA) is 66.6 Å². The third-order valence-electron chi connectivity index (χ3n) is 3.37. The van der Waals surface area contributed by atoms with Crippen LogP contribution in [0.3, 0.4) is 0 Å². The van der Waals surface area contributed by atoms with E-state index in [0.29, 0.717) is 30.9 Å². The molecule has 0 unspecified atom stereocenters. The summed E-state index contributed by atoms with van der Waals surface area (Å²) in [7, 11) is 1.72. The monoisotopic (exact) mass is 285 g/mol. The maximum absolute atomic E-state index is 12.0. The molecule has 0 aromatic rings. The molecule has 1 fully saturated rings. The fourth-order valence-electron chi connectivity index (χ4n) is 2.07. The number of amides is 2. The van der Waals surface area contributed by atoms with Crippen LogP contribution in [0.15, 0.2) is 0 Å². The first-order valence-corrected chi connectivity index (χ1v) is 7.21. The van der Waals surface area contributed by atoms with Crippen LogP contribution in [0, 0.1) is 0 Å². The zero-order chi connectivity index (χ0) is 14.3. The van der Waals surface area contributed by atoms with Crippen LogP contribution < -0.4 is 5.73 Å². The van der Waals surface area contributed by atoms with E-state index in [0.717, 1.165) is 25.7 Å². The van der Waals surface area contributed by atoms with E-state index >= 15 is 0 Å². The Bertz CT molecular complexity index is 347. The number of carbonyl (C=O) groups excluding carboxylic acids is 2. The third-order valence-corrected chi connectivity index (χ3v) is 3.57. The van der Waals surface area contributed by atoms with Gasteiger partial charge in [-0.3, -0.25) is 9.59 Å². The molecule has 1 saturated heterocycles. The molecule has 0 atom stereocenters. The molecule has 19 heavy (non-hydrogen) atoms. The molecular weight excluding hydrogens is 262 g/mol. The van der Waals surface area contributed by atoms with Gasteiger partial charge in [-0.15, -0.1) is 0 Å². The Morgan fingerprint density at radius 1 is 1.37 bits per heavy atom. The molecule has 0 bridgehead atoms. The molecule has 0 aromatic heterocycles. The van der Waals surface area contributed by atoms with Crippen molar-refractivity contribution in [1.29, 1.82) is 0 Å². The molecule has 0 saturated carbocycles. The minimum absolute atomic E-state index is 0.0508. The standard InChI is InChI=1S/C13H23N3O2S/c1-15(9-7-11(14)19)13(18)10-16-8-5-3-2-4-6-12(16)17/h2-10H2,1H3,(H2,14,19).